The smallest absolute Gasteiger partial charge is 0.161 e. The Morgan fingerprint density at radius 1 is 1.10 bits per heavy atom. The Kier molecular flexibility index (Phi) is 4.11. The highest BCUT2D eigenvalue weighted by molar-refractivity contribution is 6.21. The van der Waals surface area contributed by atoms with Gasteiger partial charge in [-0.1, -0.05) is 32.8 Å². The van der Waals surface area contributed by atoms with Crippen LogP contribution in [-0.4, -0.2) is 13.2 Å². The molecule has 1 heterocycles. The molecule has 1 aliphatic heterocycles. The molecular weight excluding hydrogens is 272 g/mol. The third-order valence-electron chi connectivity index (χ3n) is 4.64. The fourth-order valence-corrected chi connectivity index (χ4v) is 3.81. The molecule has 4 unspecified atom stereocenters. The van der Waals surface area contributed by atoms with Crippen molar-refractivity contribution in [1.82, 2.24) is 0 Å². The Morgan fingerprint density at radius 3 is 2.55 bits per heavy atom. The summed E-state index contributed by atoms with van der Waals surface area (Å²) in [5.74, 6) is 3.42. The minimum Gasteiger partial charge on any atom is -0.489 e. The molecule has 0 spiro atoms. The van der Waals surface area contributed by atoms with Crippen molar-refractivity contribution in [2.45, 2.75) is 38.5 Å². The number of alkyl halides is 1. The summed E-state index contributed by atoms with van der Waals surface area (Å²) in [4.78, 5) is 0. The lowest BCUT2D eigenvalue weighted by molar-refractivity contribution is 0.228. The SMILES string of the molecule is CC1COc2ccc(C(Cl)C3CCCC3C)cc2OC1. The Morgan fingerprint density at radius 2 is 1.85 bits per heavy atom. The zero-order valence-electron chi connectivity index (χ0n) is 12.3. The number of benzene rings is 1. The lowest BCUT2D eigenvalue weighted by Gasteiger charge is -2.22. The van der Waals surface area contributed by atoms with Gasteiger partial charge in [0.15, 0.2) is 11.5 Å². The molecular formula is C17H23ClO2. The molecule has 0 aromatic heterocycles. The summed E-state index contributed by atoms with van der Waals surface area (Å²) < 4.78 is 11.6. The van der Waals surface area contributed by atoms with E-state index in [0.717, 1.165) is 18.1 Å². The van der Waals surface area contributed by atoms with Crippen LogP contribution in [0.5, 0.6) is 11.5 Å². The lowest BCUT2D eigenvalue weighted by Crippen LogP contribution is -2.12. The van der Waals surface area contributed by atoms with E-state index in [0.29, 0.717) is 24.4 Å². The summed E-state index contributed by atoms with van der Waals surface area (Å²) in [6.45, 7) is 5.88. The van der Waals surface area contributed by atoms with Gasteiger partial charge in [0.05, 0.1) is 18.6 Å². The second-order valence-corrected chi connectivity index (χ2v) is 6.88. The van der Waals surface area contributed by atoms with E-state index < -0.39 is 0 Å². The molecule has 2 aliphatic rings. The van der Waals surface area contributed by atoms with Crippen LogP contribution in [0.4, 0.5) is 0 Å². The van der Waals surface area contributed by atoms with Gasteiger partial charge in [0.25, 0.3) is 0 Å². The van der Waals surface area contributed by atoms with Crippen LogP contribution in [0.1, 0.15) is 44.1 Å². The summed E-state index contributed by atoms with van der Waals surface area (Å²) in [6, 6.07) is 6.19. The highest BCUT2D eigenvalue weighted by atomic mass is 35.5. The maximum absolute atomic E-state index is 6.72. The van der Waals surface area contributed by atoms with Crippen molar-refractivity contribution in [2.75, 3.05) is 13.2 Å². The first-order valence-corrected chi connectivity index (χ1v) is 8.12. The lowest BCUT2D eigenvalue weighted by atomic mass is 9.90. The van der Waals surface area contributed by atoms with Crippen LogP contribution >= 0.6 is 11.6 Å². The van der Waals surface area contributed by atoms with Crippen LogP contribution in [0.15, 0.2) is 18.2 Å². The van der Waals surface area contributed by atoms with Crippen LogP contribution in [0, 0.1) is 17.8 Å². The van der Waals surface area contributed by atoms with Crippen molar-refractivity contribution in [2.24, 2.45) is 17.8 Å². The predicted molar refractivity (Wildman–Crippen MR) is 81.7 cm³/mol. The molecule has 110 valence electrons. The average Bonchev–Trinajstić information content (AvgIpc) is 2.79. The van der Waals surface area contributed by atoms with Gasteiger partial charge in [-0.2, -0.15) is 0 Å². The summed E-state index contributed by atoms with van der Waals surface area (Å²) in [6.07, 6.45) is 3.84. The Hall–Kier alpha value is -0.890. The zero-order valence-corrected chi connectivity index (χ0v) is 13.0. The van der Waals surface area contributed by atoms with Crippen LogP contribution in [-0.2, 0) is 0 Å². The van der Waals surface area contributed by atoms with Crippen molar-refractivity contribution in [3.05, 3.63) is 23.8 Å². The van der Waals surface area contributed by atoms with Gasteiger partial charge in [0, 0.05) is 5.92 Å². The van der Waals surface area contributed by atoms with Crippen LogP contribution < -0.4 is 9.47 Å². The zero-order chi connectivity index (χ0) is 14.1. The van der Waals surface area contributed by atoms with Crippen molar-refractivity contribution in [3.63, 3.8) is 0 Å². The second-order valence-electron chi connectivity index (χ2n) is 6.41. The molecule has 3 heteroatoms. The monoisotopic (exact) mass is 294 g/mol. The van der Waals surface area contributed by atoms with Crippen molar-refractivity contribution < 1.29 is 9.47 Å². The Bertz CT molecular complexity index is 474. The molecule has 1 fully saturated rings. The van der Waals surface area contributed by atoms with Crippen molar-refractivity contribution >= 4 is 11.6 Å². The van der Waals surface area contributed by atoms with Crippen molar-refractivity contribution in [3.8, 4) is 11.5 Å². The maximum atomic E-state index is 6.72. The molecule has 20 heavy (non-hydrogen) atoms. The van der Waals surface area contributed by atoms with E-state index in [9.17, 15) is 0 Å². The van der Waals surface area contributed by atoms with E-state index in [1.54, 1.807) is 0 Å². The number of halogens is 1. The summed E-state index contributed by atoms with van der Waals surface area (Å²) in [7, 11) is 0. The van der Waals surface area contributed by atoms with E-state index in [1.807, 2.05) is 6.07 Å². The third-order valence-corrected chi connectivity index (χ3v) is 5.21. The molecule has 4 atom stereocenters. The van der Waals surface area contributed by atoms with Crippen molar-refractivity contribution in [1.29, 1.82) is 0 Å². The largest absolute Gasteiger partial charge is 0.489 e. The van der Waals surface area contributed by atoms with E-state index in [-0.39, 0.29) is 5.38 Å². The number of hydrogen-bond acceptors (Lipinski definition) is 2. The quantitative estimate of drug-likeness (QED) is 0.729. The van der Waals surface area contributed by atoms with E-state index in [2.05, 4.69) is 26.0 Å². The van der Waals surface area contributed by atoms with E-state index >= 15 is 0 Å². The van der Waals surface area contributed by atoms with E-state index in [4.69, 9.17) is 21.1 Å². The molecule has 1 aromatic rings. The van der Waals surface area contributed by atoms with Gasteiger partial charge in [-0.25, -0.2) is 0 Å². The first kappa shape index (κ1) is 14.1. The Balaban J connectivity index is 1.81. The van der Waals surface area contributed by atoms with Gasteiger partial charge < -0.3 is 9.47 Å². The summed E-state index contributed by atoms with van der Waals surface area (Å²) in [5.41, 5.74) is 1.17. The highest BCUT2D eigenvalue weighted by Crippen LogP contribution is 2.45. The van der Waals surface area contributed by atoms with Crippen LogP contribution in [0.2, 0.25) is 0 Å². The first-order chi connectivity index (χ1) is 9.65. The number of fused-ring (bicyclic) bond motifs is 1. The van der Waals surface area contributed by atoms with Gasteiger partial charge in [0.2, 0.25) is 0 Å². The molecule has 0 N–H and O–H groups in total. The standard InChI is InChI=1S/C17H23ClO2/c1-11-9-19-15-7-6-13(8-16(15)20-10-11)17(18)14-5-3-4-12(14)2/h6-8,11-12,14,17H,3-5,9-10H2,1-2H3. The number of hydrogen-bond donors (Lipinski definition) is 0. The number of rotatable bonds is 2. The second kappa shape index (κ2) is 5.85. The summed E-state index contributed by atoms with van der Waals surface area (Å²) >= 11 is 6.72. The van der Waals surface area contributed by atoms with Gasteiger partial charge in [-0.05, 0) is 36.0 Å². The molecule has 3 rings (SSSR count). The minimum absolute atomic E-state index is 0.0853. The number of ether oxygens (including phenoxy) is 2. The van der Waals surface area contributed by atoms with Gasteiger partial charge in [-0.3, -0.25) is 0 Å². The molecule has 1 aromatic carbocycles. The molecule has 0 amide bonds. The Labute approximate surface area is 126 Å². The first-order valence-electron chi connectivity index (χ1n) is 7.68. The topological polar surface area (TPSA) is 18.5 Å². The third kappa shape index (κ3) is 2.76. The average molecular weight is 295 g/mol. The predicted octanol–water partition coefficient (Wildman–Crippen LogP) is 4.81. The van der Waals surface area contributed by atoms with Gasteiger partial charge in [-0.15, -0.1) is 11.6 Å². The molecule has 0 radical (unpaired) electrons. The minimum atomic E-state index is 0.0853. The van der Waals surface area contributed by atoms with Crippen LogP contribution in [0.3, 0.4) is 0 Å². The van der Waals surface area contributed by atoms with Gasteiger partial charge in [0.1, 0.15) is 0 Å². The molecule has 1 saturated carbocycles. The fourth-order valence-electron chi connectivity index (χ4n) is 3.30. The molecule has 0 saturated heterocycles. The normalized spacial score (nSPS) is 30.9. The van der Waals surface area contributed by atoms with Gasteiger partial charge >= 0.3 is 0 Å². The van der Waals surface area contributed by atoms with Crippen LogP contribution in [0.25, 0.3) is 0 Å². The van der Waals surface area contributed by atoms with E-state index in [1.165, 1.54) is 24.8 Å². The maximum Gasteiger partial charge on any atom is 0.161 e. The highest BCUT2D eigenvalue weighted by Gasteiger charge is 2.31. The fraction of sp³-hybridized carbons (Fsp3) is 0.647. The molecule has 1 aliphatic carbocycles. The molecule has 0 bridgehead atoms. The summed E-state index contributed by atoms with van der Waals surface area (Å²) in [5, 5.41) is 0.0853. The molecule has 2 nitrogen and oxygen atoms in total.